The molecule has 0 aliphatic rings. The number of hydrogen-bond donors (Lipinski definition) is 1. The Balaban J connectivity index is 0.00000128. The Morgan fingerprint density at radius 3 is 2.56 bits per heavy atom. The minimum Gasteiger partial charge on any atom is -0.319 e. The van der Waals surface area contributed by atoms with E-state index in [0.717, 1.165) is 15.6 Å². The molecule has 0 atom stereocenters. The Morgan fingerprint density at radius 2 is 1.94 bits per heavy atom. The van der Waals surface area contributed by atoms with Crippen molar-refractivity contribution in [2.75, 3.05) is 0 Å². The quantitative estimate of drug-likeness (QED) is 0.838. The highest BCUT2D eigenvalue weighted by molar-refractivity contribution is 7.17. The molecule has 0 spiro atoms. The lowest BCUT2D eigenvalue weighted by molar-refractivity contribution is 0.0915. The normalized spacial score (nSPS) is 11.2. The average Bonchev–Trinajstić information content (AvgIpc) is 2.58. The van der Waals surface area contributed by atoms with Crippen LogP contribution < -0.4 is 5.73 Å². The van der Waals surface area contributed by atoms with Crippen LogP contribution in [-0.4, -0.2) is 11.3 Å². The van der Waals surface area contributed by atoms with Gasteiger partial charge in [0.1, 0.15) is 0 Å². The van der Waals surface area contributed by atoms with Crippen molar-refractivity contribution < 1.29 is 4.79 Å². The van der Waals surface area contributed by atoms with Crippen LogP contribution in [0.2, 0.25) is 0 Å². The Kier molecular flexibility index (Phi) is 3.73. The van der Waals surface area contributed by atoms with Crippen molar-refractivity contribution in [3.63, 3.8) is 0 Å². The lowest BCUT2D eigenvalue weighted by atomic mass is 9.94. The molecular formula is C12H14ClNOS. The fraction of sp³-hybridized carbons (Fsp3) is 0.250. The number of nitrogens with two attached hydrogens (primary N) is 1. The second kappa shape index (κ2) is 4.53. The van der Waals surface area contributed by atoms with Gasteiger partial charge < -0.3 is 5.73 Å². The molecule has 0 bridgehead atoms. The summed E-state index contributed by atoms with van der Waals surface area (Å²) in [6, 6.07) is 7.89. The van der Waals surface area contributed by atoms with Gasteiger partial charge in [0.05, 0.1) is 5.54 Å². The fourth-order valence-corrected chi connectivity index (χ4v) is 2.44. The zero-order valence-corrected chi connectivity index (χ0v) is 10.8. The van der Waals surface area contributed by atoms with Gasteiger partial charge in [0.15, 0.2) is 5.78 Å². The van der Waals surface area contributed by atoms with Crippen LogP contribution in [0.15, 0.2) is 29.6 Å². The third-order valence-electron chi connectivity index (χ3n) is 2.31. The predicted octanol–water partition coefficient (Wildman–Crippen LogP) is 3.24. The van der Waals surface area contributed by atoms with Gasteiger partial charge in [-0.1, -0.05) is 18.2 Å². The topological polar surface area (TPSA) is 43.1 Å². The average molecular weight is 256 g/mol. The monoisotopic (exact) mass is 255 g/mol. The van der Waals surface area contributed by atoms with Crippen molar-refractivity contribution in [1.29, 1.82) is 0 Å². The first-order valence-corrected chi connectivity index (χ1v) is 5.68. The summed E-state index contributed by atoms with van der Waals surface area (Å²) in [6.45, 7) is 3.48. The van der Waals surface area contributed by atoms with E-state index in [2.05, 4.69) is 0 Å². The molecule has 1 heterocycles. The maximum absolute atomic E-state index is 12.0. The van der Waals surface area contributed by atoms with Crippen LogP contribution in [0.3, 0.4) is 0 Å². The zero-order valence-electron chi connectivity index (χ0n) is 9.19. The zero-order chi connectivity index (χ0) is 11.1. The SMILES string of the molecule is CC(C)(N)C(=O)c1csc2ccccc12.Cl. The van der Waals surface area contributed by atoms with Crippen molar-refractivity contribution in [3.8, 4) is 0 Å². The van der Waals surface area contributed by atoms with Gasteiger partial charge in [0.25, 0.3) is 0 Å². The van der Waals surface area contributed by atoms with E-state index in [9.17, 15) is 4.79 Å². The molecule has 0 saturated carbocycles. The van der Waals surface area contributed by atoms with Gasteiger partial charge >= 0.3 is 0 Å². The summed E-state index contributed by atoms with van der Waals surface area (Å²) in [5.74, 6) is -0.0000463. The third kappa shape index (κ3) is 2.26. The molecule has 4 heteroatoms. The highest BCUT2D eigenvalue weighted by Gasteiger charge is 2.25. The summed E-state index contributed by atoms with van der Waals surface area (Å²) in [6.07, 6.45) is 0. The summed E-state index contributed by atoms with van der Waals surface area (Å²) < 4.78 is 1.13. The number of carbonyl (C=O) groups is 1. The molecule has 0 radical (unpaired) electrons. The van der Waals surface area contributed by atoms with Crippen molar-refractivity contribution in [2.45, 2.75) is 19.4 Å². The molecule has 2 aromatic rings. The Labute approximate surface area is 105 Å². The summed E-state index contributed by atoms with van der Waals surface area (Å²) in [4.78, 5) is 12.0. The smallest absolute Gasteiger partial charge is 0.183 e. The van der Waals surface area contributed by atoms with Gasteiger partial charge in [-0.05, 0) is 19.9 Å². The molecule has 0 amide bonds. The van der Waals surface area contributed by atoms with Crippen LogP contribution in [0.25, 0.3) is 10.1 Å². The van der Waals surface area contributed by atoms with Gasteiger partial charge in [-0.15, -0.1) is 23.7 Å². The van der Waals surface area contributed by atoms with Crippen molar-refractivity contribution in [2.24, 2.45) is 5.73 Å². The molecule has 0 fully saturated rings. The first kappa shape index (κ1) is 13.2. The number of hydrogen-bond acceptors (Lipinski definition) is 3. The number of ketones is 1. The summed E-state index contributed by atoms with van der Waals surface area (Å²) in [7, 11) is 0. The highest BCUT2D eigenvalue weighted by Crippen LogP contribution is 2.27. The molecule has 0 aliphatic heterocycles. The van der Waals surface area contributed by atoms with Crippen molar-refractivity contribution in [3.05, 3.63) is 35.2 Å². The number of Topliss-reactive ketones (excluding diaryl/α,β-unsaturated/α-hetero) is 1. The Bertz CT molecular complexity index is 513. The second-order valence-corrected chi connectivity index (χ2v) is 5.11. The molecule has 2 nitrogen and oxygen atoms in total. The fourth-order valence-electron chi connectivity index (χ4n) is 1.50. The molecule has 0 unspecified atom stereocenters. The van der Waals surface area contributed by atoms with E-state index in [1.807, 2.05) is 29.6 Å². The molecular weight excluding hydrogens is 242 g/mol. The van der Waals surface area contributed by atoms with Crippen LogP contribution >= 0.6 is 23.7 Å². The van der Waals surface area contributed by atoms with E-state index in [1.54, 1.807) is 25.2 Å². The van der Waals surface area contributed by atoms with Crippen LogP contribution in [0.5, 0.6) is 0 Å². The first-order valence-electron chi connectivity index (χ1n) is 4.80. The lowest BCUT2D eigenvalue weighted by Crippen LogP contribution is -2.41. The standard InChI is InChI=1S/C12H13NOS.ClH/c1-12(2,13)11(14)9-7-15-10-6-4-3-5-8(9)10;/h3-7H,13H2,1-2H3;1H. The molecule has 16 heavy (non-hydrogen) atoms. The molecule has 2 N–H and O–H groups in total. The third-order valence-corrected chi connectivity index (χ3v) is 3.27. The second-order valence-electron chi connectivity index (χ2n) is 4.20. The number of carbonyl (C=O) groups excluding carboxylic acids is 1. The first-order chi connectivity index (χ1) is 7.00. The van der Waals surface area contributed by atoms with E-state index < -0.39 is 5.54 Å². The van der Waals surface area contributed by atoms with E-state index >= 15 is 0 Å². The van der Waals surface area contributed by atoms with E-state index in [-0.39, 0.29) is 18.2 Å². The molecule has 0 aliphatic carbocycles. The van der Waals surface area contributed by atoms with Crippen molar-refractivity contribution >= 4 is 39.6 Å². The Hall–Kier alpha value is -0.900. The summed E-state index contributed by atoms with van der Waals surface area (Å²) >= 11 is 1.58. The van der Waals surface area contributed by atoms with Gasteiger partial charge in [0.2, 0.25) is 0 Å². The maximum Gasteiger partial charge on any atom is 0.183 e. The van der Waals surface area contributed by atoms with Gasteiger partial charge in [-0.25, -0.2) is 0 Å². The molecule has 1 aromatic heterocycles. The van der Waals surface area contributed by atoms with Crippen molar-refractivity contribution in [1.82, 2.24) is 0 Å². The molecule has 1 aromatic carbocycles. The lowest BCUT2D eigenvalue weighted by Gasteiger charge is -2.15. The highest BCUT2D eigenvalue weighted by atomic mass is 35.5. The predicted molar refractivity (Wildman–Crippen MR) is 71.7 cm³/mol. The molecule has 2 rings (SSSR count). The van der Waals surface area contributed by atoms with Crippen LogP contribution in [0, 0.1) is 0 Å². The largest absolute Gasteiger partial charge is 0.319 e. The minimum absolute atomic E-state index is 0. The number of thiophene rings is 1. The summed E-state index contributed by atoms with van der Waals surface area (Å²) in [5.41, 5.74) is 5.75. The summed E-state index contributed by atoms with van der Waals surface area (Å²) in [5, 5.41) is 2.90. The minimum atomic E-state index is -0.802. The number of fused-ring (bicyclic) bond motifs is 1. The maximum atomic E-state index is 12.0. The number of rotatable bonds is 2. The Morgan fingerprint density at radius 1 is 1.31 bits per heavy atom. The van der Waals surface area contributed by atoms with Gasteiger partial charge in [-0.3, -0.25) is 4.79 Å². The number of halogens is 1. The van der Waals surface area contributed by atoms with E-state index in [0.29, 0.717) is 0 Å². The molecule has 0 saturated heterocycles. The van der Waals surface area contributed by atoms with Crippen LogP contribution in [0.1, 0.15) is 24.2 Å². The van der Waals surface area contributed by atoms with Crippen LogP contribution in [-0.2, 0) is 0 Å². The van der Waals surface area contributed by atoms with E-state index in [1.165, 1.54) is 0 Å². The van der Waals surface area contributed by atoms with Gasteiger partial charge in [0, 0.05) is 21.0 Å². The molecule has 86 valence electrons. The van der Waals surface area contributed by atoms with E-state index in [4.69, 9.17) is 5.73 Å². The van der Waals surface area contributed by atoms with Gasteiger partial charge in [-0.2, -0.15) is 0 Å². The number of benzene rings is 1. The van der Waals surface area contributed by atoms with Crippen LogP contribution in [0.4, 0.5) is 0 Å².